The molecule has 0 aliphatic heterocycles. The quantitative estimate of drug-likeness (QED) is 0.652. The molecule has 0 fully saturated rings. The predicted molar refractivity (Wildman–Crippen MR) is 65.6 cm³/mol. The first kappa shape index (κ1) is 14.2. The Kier molecular flexibility index (Phi) is 4.85. The Hall–Kier alpha value is -1.88. The van der Waals surface area contributed by atoms with Crippen LogP contribution < -0.4 is 5.73 Å². The van der Waals surface area contributed by atoms with Crippen LogP contribution in [0.5, 0.6) is 0 Å². The summed E-state index contributed by atoms with van der Waals surface area (Å²) in [6.45, 7) is 3.35. The summed E-state index contributed by atoms with van der Waals surface area (Å²) in [6, 6.07) is 9.12. The first-order valence-corrected chi connectivity index (χ1v) is 5.59. The fourth-order valence-electron chi connectivity index (χ4n) is 1.04. The Labute approximate surface area is 106 Å². The van der Waals surface area contributed by atoms with Gasteiger partial charge in [0.25, 0.3) is 0 Å². The number of rotatable bonds is 4. The van der Waals surface area contributed by atoms with Gasteiger partial charge < -0.3 is 15.2 Å². The largest absolute Gasteiger partial charge is 0.516 e. The number of hydrogen-bond acceptors (Lipinski definition) is 5. The van der Waals surface area contributed by atoms with E-state index in [1.54, 1.807) is 26.0 Å². The second-order valence-electron chi connectivity index (χ2n) is 4.50. The Balaban J connectivity index is 2.41. The molecule has 2 N–H and O–H groups in total. The van der Waals surface area contributed by atoms with E-state index in [2.05, 4.69) is 4.74 Å². The van der Waals surface area contributed by atoms with Crippen molar-refractivity contribution >= 4 is 12.1 Å². The summed E-state index contributed by atoms with van der Waals surface area (Å²) < 4.78 is 9.36. The number of benzene rings is 1. The second-order valence-corrected chi connectivity index (χ2v) is 4.50. The van der Waals surface area contributed by atoms with Crippen molar-refractivity contribution in [1.29, 1.82) is 0 Å². The first-order chi connectivity index (χ1) is 8.45. The molecule has 0 aromatic heterocycles. The maximum Gasteiger partial charge on any atom is 0.516 e. The molecule has 1 aromatic rings. The van der Waals surface area contributed by atoms with Crippen LogP contribution in [0.15, 0.2) is 30.3 Å². The Morgan fingerprint density at radius 1 is 1.22 bits per heavy atom. The lowest BCUT2D eigenvalue weighted by Crippen LogP contribution is -2.35. The number of nitrogens with two attached hydrogens (primary N) is 1. The molecule has 0 atom stereocenters. The van der Waals surface area contributed by atoms with Gasteiger partial charge in [-0.25, -0.2) is 4.79 Å². The maximum atomic E-state index is 11.5. The van der Waals surface area contributed by atoms with E-state index < -0.39 is 17.5 Å². The Bertz CT molecular complexity index is 414. The molecule has 5 nitrogen and oxygen atoms in total. The van der Waals surface area contributed by atoms with Crippen molar-refractivity contribution in [2.45, 2.75) is 20.5 Å². The number of carbonyl (C=O) groups is 2. The number of hydrogen-bond donors (Lipinski definition) is 1. The topological polar surface area (TPSA) is 78.6 Å². The van der Waals surface area contributed by atoms with Gasteiger partial charge in [0.15, 0.2) is 0 Å². The van der Waals surface area contributed by atoms with Gasteiger partial charge in [-0.2, -0.15) is 0 Å². The zero-order valence-corrected chi connectivity index (χ0v) is 10.5. The van der Waals surface area contributed by atoms with E-state index in [4.69, 9.17) is 10.5 Å². The van der Waals surface area contributed by atoms with Crippen LogP contribution in [0.1, 0.15) is 19.4 Å². The van der Waals surface area contributed by atoms with Crippen LogP contribution in [-0.2, 0) is 20.9 Å². The van der Waals surface area contributed by atoms with Crippen LogP contribution in [0, 0.1) is 5.41 Å². The molecule has 0 aliphatic carbocycles. The molecular weight excluding hydrogens is 234 g/mol. The minimum atomic E-state index is -1.01. The van der Waals surface area contributed by atoms with E-state index in [-0.39, 0.29) is 13.2 Å². The number of carbonyl (C=O) groups excluding carboxylic acids is 2. The molecule has 0 amide bonds. The third-order valence-electron chi connectivity index (χ3n) is 2.44. The zero-order chi connectivity index (χ0) is 13.6. The number of ether oxygens (including phenoxy) is 2. The summed E-state index contributed by atoms with van der Waals surface area (Å²) >= 11 is 0. The second kappa shape index (κ2) is 6.16. The van der Waals surface area contributed by atoms with Gasteiger partial charge in [-0.15, -0.1) is 0 Å². The van der Waals surface area contributed by atoms with Crippen molar-refractivity contribution in [3.63, 3.8) is 0 Å². The highest BCUT2D eigenvalue weighted by molar-refractivity contribution is 5.85. The van der Waals surface area contributed by atoms with Gasteiger partial charge in [-0.3, -0.25) is 4.79 Å². The van der Waals surface area contributed by atoms with Gasteiger partial charge in [-0.1, -0.05) is 30.3 Å². The molecule has 0 heterocycles. The molecule has 0 bridgehead atoms. The summed E-state index contributed by atoms with van der Waals surface area (Å²) in [7, 11) is 0. The van der Waals surface area contributed by atoms with Crippen molar-refractivity contribution in [1.82, 2.24) is 0 Å². The Morgan fingerprint density at radius 2 is 1.83 bits per heavy atom. The summed E-state index contributed by atoms with van der Waals surface area (Å²) in [5.41, 5.74) is 5.32. The third-order valence-corrected chi connectivity index (χ3v) is 2.44. The third kappa shape index (κ3) is 4.18. The Morgan fingerprint density at radius 3 is 2.39 bits per heavy atom. The normalized spacial score (nSPS) is 10.8. The minimum Gasteiger partial charge on any atom is -0.429 e. The van der Waals surface area contributed by atoms with E-state index in [9.17, 15) is 9.59 Å². The molecule has 0 unspecified atom stereocenters. The average molecular weight is 251 g/mol. The zero-order valence-electron chi connectivity index (χ0n) is 10.5. The predicted octanol–water partition coefficient (Wildman–Crippen LogP) is 1.85. The lowest BCUT2D eigenvalue weighted by Gasteiger charge is -2.18. The molecule has 1 rings (SSSR count). The van der Waals surface area contributed by atoms with Crippen molar-refractivity contribution in [3.8, 4) is 0 Å². The van der Waals surface area contributed by atoms with Crippen molar-refractivity contribution < 1.29 is 19.1 Å². The number of esters is 1. The van der Waals surface area contributed by atoms with Gasteiger partial charge in [0.05, 0.1) is 5.41 Å². The molecular formula is C13H17NO4. The molecule has 0 radical (unpaired) electrons. The summed E-state index contributed by atoms with van der Waals surface area (Å²) in [5.74, 6) is -0.692. The van der Waals surface area contributed by atoms with Gasteiger partial charge in [0, 0.05) is 6.54 Å². The molecule has 0 spiro atoms. The van der Waals surface area contributed by atoms with E-state index in [0.717, 1.165) is 5.56 Å². The smallest absolute Gasteiger partial charge is 0.429 e. The minimum absolute atomic E-state index is 0.0655. The molecule has 0 aliphatic rings. The van der Waals surface area contributed by atoms with Gasteiger partial charge >= 0.3 is 12.1 Å². The van der Waals surface area contributed by atoms with Crippen molar-refractivity contribution in [2.75, 3.05) is 6.54 Å². The van der Waals surface area contributed by atoms with Gasteiger partial charge in [-0.05, 0) is 19.4 Å². The molecule has 98 valence electrons. The fraction of sp³-hybridized carbons (Fsp3) is 0.385. The SMILES string of the molecule is CC(C)(CN)C(=O)OC(=O)OCc1ccccc1. The highest BCUT2D eigenvalue weighted by atomic mass is 16.7. The summed E-state index contributed by atoms with van der Waals surface area (Å²) in [5, 5.41) is 0. The van der Waals surface area contributed by atoms with Crippen LogP contribution >= 0.6 is 0 Å². The van der Waals surface area contributed by atoms with Crippen LogP contribution in [0.4, 0.5) is 4.79 Å². The van der Waals surface area contributed by atoms with Crippen LogP contribution in [0.2, 0.25) is 0 Å². The van der Waals surface area contributed by atoms with Crippen molar-refractivity contribution in [3.05, 3.63) is 35.9 Å². The molecule has 18 heavy (non-hydrogen) atoms. The molecule has 0 saturated heterocycles. The van der Waals surface area contributed by atoms with Crippen LogP contribution in [0.3, 0.4) is 0 Å². The molecule has 5 heteroatoms. The van der Waals surface area contributed by atoms with Crippen molar-refractivity contribution in [2.24, 2.45) is 11.1 Å². The monoisotopic (exact) mass is 251 g/mol. The fourth-order valence-corrected chi connectivity index (χ4v) is 1.04. The van der Waals surface area contributed by atoms with E-state index in [1.165, 1.54) is 0 Å². The standard InChI is InChI=1S/C13H17NO4/c1-13(2,9-14)11(15)18-12(16)17-8-10-6-4-3-5-7-10/h3-7H,8-9,14H2,1-2H3. The lowest BCUT2D eigenvalue weighted by atomic mass is 9.94. The van der Waals surface area contributed by atoms with Crippen LogP contribution in [-0.4, -0.2) is 18.7 Å². The first-order valence-electron chi connectivity index (χ1n) is 5.59. The van der Waals surface area contributed by atoms with Gasteiger partial charge in [0.1, 0.15) is 6.61 Å². The average Bonchev–Trinajstić information content (AvgIpc) is 2.37. The highest BCUT2D eigenvalue weighted by Crippen LogP contribution is 2.15. The van der Waals surface area contributed by atoms with E-state index >= 15 is 0 Å². The maximum absolute atomic E-state index is 11.5. The molecule has 0 saturated carbocycles. The highest BCUT2D eigenvalue weighted by Gasteiger charge is 2.30. The summed E-state index contributed by atoms with van der Waals surface area (Å²) in [4.78, 5) is 22.8. The lowest BCUT2D eigenvalue weighted by molar-refractivity contribution is -0.149. The molecule has 1 aromatic carbocycles. The van der Waals surface area contributed by atoms with E-state index in [1.807, 2.05) is 18.2 Å². The summed E-state index contributed by atoms with van der Waals surface area (Å²) in [6.07, 6.45) is -1.01. The van der Waals surface area contributed by atoms with Crippen LogP contribution in [0.25, 0.3) is 0 Å². The van der Waals surface area contributed by atoms with E-state index in [0.29, 0.717) is 0 Å². The van der Waals surface area contributed by atoms with Gasteiger partial charge in [0.2, 0.25) is 0 Å².